The van der Waals surface area contributed by atoms with Gasteiger partial charge in [0.05, 0.1) is 26.4 Å². The van der Waals surface area contributed by atoms with E-state index >= 15 is 0 Å². The number of likely N-dealkylation sites (N-methyl/N-ethyl adjacent to an activating group) is 2. The summed E-state index contributed by atoms with van der Waals surface area (Å²) in [7, 11) is 5.52. The van der Waals surface area contributed by atoms with Gasteiger partial charge in [-0.15, -0.1) is 0 Å². The molecule has 0 aromatic rings. The van der Waals surface area contributed by atoms with Crippen LogP contribution in [0.4, 0.5) is 0 Å². The fourth-order valence-electron chi connectivity index (χ4n) is 1.89. The van der Waals surface area contributed by atoms with Gasteiger partial charge in [-0.3, -0.25) is 9.59 Å². The first-order chi connectivity index (χ1) is 10.2. The van der Waals surface area contributed by atoms with E-state index in [1.165, 1.54) is 31.3 Å². The van der Waals surface area contributed by atoms with Gasteiger partial charge in [-0.2, -0.15) is 0 Å². The number of amides is 2. The van der Waals surface area contributed by atoms with Gasteiger partial charge in [0.2, 0.25) is 11.8 Å². The van der Waals surface area contributed by atoms with Gasteiger partial charge in [0.25, 0.3) is 7.41 Å². The summed E-state index contributed by atoms with van der Waals surface area (Å²) in [6, 6.07) is -0.708. The smallest absolute Gasteiger partial charge is 0.328 e. The summed E-state index contributed by atoms with van der Waals surface area (Å²) < 4.78 is 4.69. The molecular formula is C13H23BN3O5. The Morgan fingerprint density at radius 3 is 2.32 bits per heavy atom. The first kappa shape index (κ1) is 20.1. The quantitative estimate of drug-likeness (QED) is 0.316. The van der Waals surface area contributed by atoms with Crippen molar-refractivity contribution in [2.75, 3.05) is 34.3 Å². The molecule has 0 unspecified atom stereocenters. The van der Waals surface area contributed by atoms with Gasteiger partial charge in [0.15, 0.2) is 0 Å². The number of hydrogen-bond acceptors (Lipinski definition) is 6. The molecule has 0 aromatic heterocycles. The second-order valence-corrected chi connectivity index (χ2v) is 5.19. The third-order valence-electron chi connectivity index (χ3n) is 3.03. The number of carbonyl (C=O) groups is 4. The molecule has 0 spiro atoms. The average molecular weight is 312 g/mol. The van der Waals surface area contributed by atoms with E-state index in [0.29, 0.717) is 6.19 Å². The standard InChI is InChI=1S/C13H23BN3O5/c1-9(2)12(13(21)22-5)17(4)11(20)6-15-10(19)7-16(3)14-8-18/h8-9,12H,6-7H2,1-5H3,(H,15,19)/t12-/m0/s1. The summed E-state index contributed by atoms with van der Waals surface area (Å²) in [5, 5.41) is 2.44. The highest BCUT2D eigenvalue weighted by atomic mass is 16.5. The molecule has 0 heterocycles. The number of rotatable bonds is 9. The molecule has 0 aromatic carbocycles. The Bertz CT molecular complexity index is 416. The van der Waals surface area contributed by atoms with Crippen LogP contribution in [0.15, 0.2) is 0 Å². The Balaban J connectivity index is 4.48. The summed E-state index contributed by atoms with van der Waals surface area (Å²) in [6.45, 7) is 3.33. The Morgan fingerprint density at radius 1 is 1.27 bits per heavy atom. The van der Waals surface area contributed by atoms with Crippen molar-refractivity contribution in [1.29, 1.82) is 0 Å². The number of esters is 1. The number of nitrogens with one attached hydrogen (secondary N) is 1. The third-order valence-corrected chi connectivity index (χ3v) is 3.03. The molecule has 1 atom stereocenters. The van der Waals surface area contributed by atoms with E-state index in [2.05, 4.69) is 10.1 Å². The van der Waals surface area contributed by atoms with Crippen LogP contribution in [0, 0.1) is 5.92 Å². The second-order valence-electron chi connectivity index (χ2n) is 5.19. The van der Waals surface area contributed by atoms with E-state index in [1.54, 1.807) is 20.9 Å². The van der Waals surface area contributed by atoms with Crippen molar-refractivity contribution < 1.29 is 23.9 Å². The number of carbonyl (C=O) groups excluding carboxylic acids is 4. The van der Waals surface area contributed by atoms with E-state index < -0.39 is 23.8 Å². The van der Waals surface area contributed by atoms with Crippen LogP contribution < -0.4 is 5.32 Å². The summed E-state index contributed by atoms with van der Waals surface area (Å²) >= 11 is 0. The first-order valence-corrected chi connectivity index (χ1v) is 6.83. The summed E-state index contributed by atoms with van der Waals surface area (Å²) in [5.74, 6) is -1.43. The van der Waals surface area contributed by atoms with E-state index in [9.17, 15) is 19.2 Å². The van der Waals surface area contributed by atoms with Crippen molar-refractivity contribution >= 4 is 31.4 Å². The average Bonchev–Trinajstić information content (AvgIpc) is 2.44. The van der Waals surface area contributed by atoms with Gasteiger partial charge in [-0.25, -0.2) is 4.79 Å². The van der Waals surface area contributed by atoms with Crippen LogP contribution in [-0.4, -0.2) is 81.4 Å². The van der Waals surface area contributed by atoms with Crippen LogP contribution in [-0.2, 0) is 23.9 Å². The van der Waals surface area contributed by atoms with Crippen LogP contribution in [0.1, 0.15) is 13.8 Å². The molecule has 0 aliphatic heterocycles. The van der Waals surface area contributed by atoms with Crippen molar-refractivity contribution in [2.24, 2.45) is 5.92 Å². The third kappa shape index (κ3) is 6.71. The number of nitrogens with zero attached hydrogens (tertiary/aromatic N) is 2. The van der Waals surface area contributed by atoms with Crippen LogP contribution in [0.3, 0.4) is 0 Å². The molecule has 1 N–H and O–H groups in total. The van der Waals surface area contributed by atoms with Gasteiger partial charge >= 0.3 is 5.97 Å². The van der Waals surface area contributed by atoms with E-state index in [-0.39, 0.29) is 19.0 Å². The Hall–Kier alpha value is -1.90. The molecule has 0 aliphatic carbocycles. The molecule has 0 rings (SSSR count). The molecule has 123 valence electrons. The van der Waals surface area contributed by atoms with Gasteiger partial charge in [0, 0.05) is 7.05 Å². The summed E-state index contributed by atoms with van der Waals surface area (Å²) in [6.07, 6.45) is 0.565. The predicted molar refractivity (Wildman–Crippen MR) is 81.6 cm³/mol. The zero-order valence-electron chi connectivity index (χ0n) is 13.7. The number of hydrogen-bond donors (Lipinski definition) is 1. The normalized spacial score (nSPS) is 11.8. The Labute approximate surface area is 131 Å². The topological polar surface area (TPSA) is 96.0 Å². The molecule has 0 saturated carbocycles. The first-order valence-electron chi connectivity index (χ1n) is 6.83. The monoisotopic (exact) mass is 312 g/mol. The maximum Gasteiger partial charge on any atom is 0.328 e. The van der Waals surface area contributed by atoms with E-state index in [4.69, 9.17) is 0 Å². The van der Waals surface area contributed by atoms with Crippen LogP contribution in [0.5, 0.6) is 0 Å². The Kier molecular flexibility index (Phi) is 9.08. The molecule has 9 heteroatoms. The van der Waals surface area contributed by atoms with Crippen molar-refractivity contribution in [3.8, 4) is 0 Å². The van der Waals surface area contributed by atoms with E-state index in [1.807, 2.05) is 0 Å². The maximum absolute atomic E-state index is 12.1. The zero-order chi connectivity index (χ0) is 17.3. The molecule has 0 fully saturated rings. The van der Waals surface area contributed by atoms with Crippen molar-refractivity contribution in [3.05, 3.63) is 0 Å². The largest absolute Gasteiger partial charge is 0.467 e. The minimum Gasteiger partial charge on any atom is -0.467 e. The summed E-state index contributed by atoms with van der Waals surface area (Å²) in [5.41, 5.74) is 0. The predicted octanol–water partition coefficient (Wildman–Crippen LogP) is -1.50. The second kappa shape index (κ2) is 9.94. The molecule has 0 aliphatic rings. The highest BCUT2D eigenvalue weighted by Crippen LogP contribution is 2.10. The fraction of sp³-hybridized carbons (Fsp3) is 0.692. The van der Waals surface area contributed by atoms with Gasteiger partial charge in [-0.05, 0) is 13.0 Å². The van der Waals surface area contributed by atoms with E-state index in [0.717, 1.165) is 0 Å². The fourth-order valence-corrected chi connectivity index (χ4v) is 1.89. The maximum atomic E-state index is 12.1. The van der Waals surface area contributed by atoms with Crippen molar-refractivity contribution in [2.45, 2.75) is 19.9 Å². The van der Waals surface area contributed by atoms with Gasteiger partial charge < -0.3 is 24.6 Å². The molecule has 0 bridgehead atoms. The lowest BCUT2D eigenvalue weighted by Gasteiger charge is -2.29. The zero-order valence-corrected chi connectivity index (χ0v) is 13.7. The van der Waals surface area contributed by atoms with Crippen LogP contribution in [0.2, 0.25) is 0 Å². The molecule has 1 radical (unpaired) electrons. The lowest BCUT2D eigenvalue weighted by Crippen LogP contribution is -2.50. The Morgan fingerprint density at radius 2 is 1.86 bits per heavy atom. The molecular weight excluding hydrogens is 289 g/mol. The molecule has 2 amide bonds. The molecule has 8 nitrogen and oxygen atoms in total. The lowest BCUT2D eigenvalue weighted by atomic mass is 9.96. The number of ether oxygens (including phenoxy) is 1. The highest BCUT2D eigenvalue weighted by Gasteiger charge is 2.30. The van der Waals surface area contributed by atoms with Crippen LogP contribution in [0.25, 0.3) is 0 Å². The van der Waals surface area contributed by atoms with Crippen LogP contribution >= 0.6 is 0 Å². The molecule has 22 heavy (non-hydrogen) atoms. The SMILES string of the molecule is COC(=O)[C@H](C(C)C)N(C)C(=O)CNC(=O)CN(C)[B]C=O. The minimum absolute atomic E-state index is 0.0413. The lowest BCUT2D eigenvalue weighted by molar-refractivity contribution is -0.153. The minimum atomic E-state index is -0.708. The van der Waals surface area contributed by atoms with Crippen molar-refractivity contribution in [3.63, 3.8) is 0 Å². The van der Waals surface area contributed by atoms with Gasteiger partial charge in [-0.1, -0.05) is 13.8 Å². The van der Waals surface area contributed by atoms with Gasteiger partial charge in [0.1, 0.15) is 6.04 Å². The van der Waals surface area contributed by atoms with Crippen molar-refractivity contribution in [1.82, 2.24) is 15.0 Å². The molecule has 0 saturated heterocycles. The highest BCUT2D eigenvalue weighted by molar-refractivity contribution is 6.64. The number of methoxy groups -OCH3 is 1. The summed E-state index contributed by atoms with van der Waals surface area (Å²) in [4.78, 5) is 48.3.